The van der Waals surface area contributed by atoms with Crippen LogP contribution in [0.4, 0.5) is 0 Å². The molecule has 1 unspecified atom stereocenters. The Hall–Kier alpha value is -0.720. The van der Waals surface area contributed by atoms with Gasteiger partial charge >= 0.3 is 0 Å². The summed E-state index contributed by atoms with van der Waals surface area (Å²) in [5.41, 5.74) is 8.30. The molecule has 0 aliphatic heterocycles. The molecule has 1 heteroatoms. The molecule has 11 heavy (non-hydrogen) atoms. The van der Waals surface area contributed by atoms with E-state index in [0.717, 1.165) is 12.1 Å². The molecule has 0 aromatic heterocycles. The number of hydrogen-bond donors (Lipinski definition) is 1. The number of rotatable bonds is 1. The van der Waals surface area contributed by atoms with E-state index in [1.165, 1.54) is 5.57 Å². The summed E-state index contributed by atoms with van der Waals surface area (Å²) in [5, 5.41) is 0. The summed E-state index contributed by atoms with van der Waals surface area (Å²) < 4.78 is 0. The predicted octanol–water partition coefficient (Wildman–Crippen LogP) is 2.45. The Kier molecular flexibility index (Phi) is 2.38. The van der Waals surface area contributed by atoms with Gasteiger partial charge in [-0.1, -0.05) is 32.9 Å². The van der Waals surface area contributed by atoms with Gasteiger partial charge in [-0.25, -0.2) is 0 Å². The van der Waals surface area contributed by atoms with Gasteiger partial charge in [0.1, 0.15) is 0 Å². The molecule has 2 N–H and O–H groups in total. The zero-order chi connectivity index (χ0) is 8.43. The molecule has 0 aromatic carbocycles. The van der Waals surface area contributed by atoms with E-state index < -0.39 is 0 Å². The highest BCUT2D eigenvalue weighted by molar-refractivity contribution is 5.30. The molecule has 1 aliphatic carbocycles. The van der Waals surface area contributed by atoms with Crippen LogP contribution in [-0.2, 0) is 0 Å². The number of nitrogens with two attached hydrogens (primary N) is 1. The van der Waals surface area contributed by atoms with E-state index in [1.807, 2.05) is 0 Å². The maximum Gasteiger partial charge on any atom is 0.0121 e. The first-order valence-corrected chi connectivity index (χ1v) is 4.28. The largest absolute Gasteiger partial charge is 0.402 e. The number of hydrogen-bond acceptors (Lipinski definition) is 1. The van der Waals surface area contributed by atoms with Crippen molar-refractivity contribution in [1.29, 1.82) is 0 Å². The van der Waals surface area contributed by atoms with E-state index in [9.17, 15) is 0 Å². The van der Waals surface area contributed by atoms with Gasteiger partial charge in [0.05, 0.1) is 0 Å². The minimum absolute atomic E-state index is 0.568. The first-order chi connectivity index (χ1) is 5.11. The highest BCUT2D eigenvalue weighted by atomic mass is 14.6. The third kappa shape index (κ3) is 1.86. The molecule has 62 valence electrons. The molecule has 0 bridgehead atoms. The lowest BCUT2D eigenvalue weighted by Gasteiger charge is -2.19. The molecule has 0 amide bonds. The first kappa shape index (κ1) is 8.38. The Balaban J connectivity index is 2.80. The van der Waals surface area contributed by atoms with Gasteiger partial charge in [-0.2, -0.15) is 0 Å². The summed E-state index contributed by atoms with van der Waals surface area (Å²) in [4.78, 5) is 0. The minimum Gasteiger partial charge on any atom is -0.402 e. The van der Waals surface area contributed by atoms with Gasteiger partial charge in [-0.05, 0) is 23.8 Å². The molecule has 0 spiro atoms. The zero-order valence-electron chi connectivity index (χ0n) is 7.59. The zero-order valence-corrected chi connectivity index (χ0v) is 7.59. The van der Waals surface area contributed by atoms with Gasteiger partial charge in [0.15, 0.2) is 0 Å². The summed E-state index contributed by atoms with van der Waals surface area (Å²) in [5.74, 6) is 1.19. The number of allylic oxidation sites excluding steroid dienone is 4. The van der Waals surface area contributed by atoms with Crippen LogP contribution in [0.2, 0.25) is 0 Å². The van der Waals surface area contributed by atoms with E-state index in [4.69, 9.17) is 5.73 Å². The molecule has 0 saturated carbocycles. The Morgan fingerprint density at radius 1 is 1.55 bits per heavy atom. The Morgan fingerprint density at radius 3 is 2.64 bits per heavy atom. The fraction of sp³-hybridized carbons (Fsp3) is 0.600. The van der Waals surface area contributed by atoms with Gasteiger partial charge < -0.3 is 5.73 Å². The van der Waals surface area contributed by atoms with E-state index in [2.05, 4.69) is 32.9 Å². The van der Waals surface area contributed by atoms with Crippen LogP contribution < -0.4 is 5.73 Å². The van der Waals surface area contributed by atoms with Crippen LogP contribution in [-0.4, -0.2) is 0 Å². The molecule has 0 saturated heterocycles. The van der Waals surface area contributed by atoms with E-state index in [1.54, 1.807) is 0 Å². The van der Waals surface area contributed by atoms with Crippen molar-refractivity contribution < 1.29 is 0 Å². The van der Waals surface area contributed by atoms with Crippen LogP contribution >= 0.6 is 0 Å². The van der Waals surface area contributed by atoms with Gasteiger partial charge in [0.2, 0.25) is 0 Å². The average Bonchev–Trinajstić information content (AvgIpc) is 1.85. The smallest absolute Gasteiger partial charge is 0.0121 e. The Bertz CT molecular complexity index is 199. The van der Waals surface area contributed by atoms with Crippen LogP contribution in [0.1, 0.15) is 27.2 Å². The second kappa shape index (κ2) is 3.12. The third-order valence-electron chi connectivity index (χ3n) is 2.14. The van der Waals surface area contributed by atoms with E-state index in [0.29, 0.717) is 11.8 Å². The second-order valence-corrected chi connectivity index (χ2v) is 3.68. The van der Waals surface area contributed by atoms with Crippen molar-refractivity contribution in [3.63, 3.8) is 0 Å². The summed E-state index contributed by atoms with van der Waals surface area (Å²) in [6.45, 7) is 6.56. The summed E-state index contributed by atoms with van der Waals surface area (Å²) >= 11 is 0. The van der Waals surface area contributed by atoms with Crippen molar-refractivity contribution in [3.05, 3.63) is 23.4 Å². The maximum absolute atomic E-state index is 5.90. The molecule has 0 heterocycles. The lowest BCUT2D eigenvalue weighted by Crippen LogP contribution is -2.12. The topological polar surface area (TPSA) is 26.0 Å². The molecular formula is C10H17N. The van der Waals surface area contributed by atoms with Gasteiger partial charge in [0, 0.05) is 5.70 Å². The Labute approximate surface area is 69.0 Å². The minimum atomic E-state index is 0.568. The van der Waals surface area contributed by atoms with Crippen molar-refractivity contribution in [3.8, 4) is 0 Å². The lowest BCUT2D eigenvalue weighted by atomic mass is 9.90. The van der Waals surface area contributed by atoms with Crippen molar-refractivity contribution in [2.45, 2.75) is 27.2 Å². The van der Waals surface area contributed by atoms with E-state index in [-0.39, 0.29) is 0 Å². The molecule has 0 fully saturated rings. The standard InChI is InChI=1S/C10H17N/c1-7(2)9-5-4-8(3)6-10(9)11/h4-5,7-8H,6,11H2,1-3H3. The normalized spacial score (nSPS) is 24.9. The quantitative estimate of drug-likeness (QED) is 0.612. The van der Waals surface area contributed by atoms with Gasteiger partial charge in [0.25, 0.3) is 0 Å². The average molecular weight is 151 g/mol. The highest BCUT2D eigenvalue weighted by Crippen LogP contribution is 2.24. The van der Waals surface area contributed by atoms with Crippen molar-refractivity contribution >= 4 is 0 Å². The maximum atomic E-state index is 5.90. The Morgan fingerprint density at radius 2 is 2.18 bits per heavy atom. The summed E-state index contributed by atoms with van der Waals surface area (Å²) in [6, 6.07) is 0. The third-order valence-corrected chi connectivity index (χ3v) is 2.14. The predicted molar refractivity (Wildman–Crippen MR) is 49.0 cm³/mol. The molecular weight excluding hydrogens is 134 g/mol. The van der Waals surface area contributed by atoms with Crippen molar-refractivity contribution in [2.75, 3.05) is 0 Å². The highest BCUT2D eigenvalue weighted by Gasteiger charge is 2.12. The fourth-order valence-corrected chi connectivity index (χ4v) is 1.47. The van der Waals surface area contributed by atoms with Crippen LogP contribution in [0.25, 0.3) is 0 Å². The van der Waals surface area contributed by atoms with Crippen molar-refractivity contribution in [2.24, 2.45) is 17.6 Å². The molecule has 1 rings (SSSR count). The SMILES string of the molecule is CC1C=CC(C(C)C)=C(N)C1. The summed E-state index contributed by atoms with van der Waals surface area (Å²) in [7, 11) is 0. The van der Waals surface area contributed by atoms with Gasteiger partial charge in [-0.3, -0.25) is 0 Å². The van der Waals surface area contributed by atoms with Crippen molar-refractivity contribution in [1.82, 2.24) is 0 Å². The fourth-order valence-electron chi connectivity index (χ4n) is 1.47. The first-order valence-electron chi connectivity index (χ1n) is 4.28. The molecule has 0 aromatic rings. The monoisotopic (exact) mass is 151 g/mol. The molecule has 1 aliphatic rings. The van der Waals surface area contributed by atoms with Crippen LogP contribution in [0.3, 0.4) is 0 Å². The lowest BCUT2D eigenvalue weighted by molar-refractivity contribution is 0.661. The van der Waals surface area contributed by atoms with E-state index >= 15 is 0 Å². The molecule has 1 nitrogen and oxygen atoms in total. The van der Waals surface area contributed by atoms with Crippen LogP contribution in [0.5, 0.6) is 0 Å². The second-order valence-electron chi connectivity index (χ2n) is 3.68. The molecule has 1 atom stereocenters. The van der Waals surface area contributed by atoms with Crippen LogP contribution in [0.15, 0.2) is 23.4 Å². The summed E-state index contributed by atoms with van der Waals surface area (Å²) in [6.07, 6.45) is 5.45. The molecule has 0 radical (unpaired) electrons. The van der Waals surface area contributed by atoms with Crippen LogP contribution in [0, 0.1) is 11.8 Å². The van der Waals surface area contributed by atoms with Gasteiger partial charge in [-0.15, -0.1) is 0 Å².